The van der Waals surface area contributed by atoms with Crippen molar-refractivity contribution in [3.8, 4) is 0 Å². The Morgan fingerprint density at radius 3 is 3.05 bits per heavy atom. The van der Waals surface area contributed by atoms with Crippen molar-refractivity contribution < 1.29 is 4.74 Å². The highest BCUT2D eigenvalue weighted by Gasteiger charge is 2.23. The van der Waals surface area contributed by atoms with Crippen molar-refractivity contribution >= 4 is 39.1 Å². The third-order valence-electron chi connectivity index (χ3n) is 3.57. The van der Waals surface area contributed by atoms with E-state index in [1.807, 2.05) is 27.5 Å². The average Bonchev–Trinajstić information content (AvgIpc) is 2.98. The summed E-state index contributed by atoms with van der Waals surface area (Å²) in [4.78, 5) is 0. The second kappa shape index (κ2) is 4.45. The summed E-state index contributed by atoms with van der Waals surface area (Å²) in [5.41, 5.74) is 2.02. The van der Waals surface area contributed by atoms with Crippen molar-refractivity contribution in [2.24, 2.45) is 0 Å². The SMILES string of the molecule is Ic1nn(C2CCCCO2)c2nn3ccccc3c12. The van der Waals surface area contributed by atoms with E-state index in [9.17, 15) is 0 Å². The van der Waals surface area contributed by atoms with E-state index < -0.39 is 0 Å². The minimum Gasteiger partial charge on any atom is -0.356 e. The van der Waals surface area contributed by atoms with Gasteiger partial charge in [0, 0.05) is 12.8 Å². The first-order chi connectivity index (χ1) is 9.34. The predicted molar refractivity (Wildman–Crippen MR) is 80.0 cm³/mol. The maximum atomic E-state index is 5.83. The van der Waals surface area contributed by atoms with Crippen LogP contribution in [0.15, 0.2) is 24.4 Å². The zero-order valence-electron chi connectivity index (χ0n) is 10.3. The number of hydrogen-bond acceptors (Lipinski definition) is 3. The van der Waals surface area contributed by atoms with Gasteiger partial charge in [-0.2, -0.15) is 5.10 Å². The largest absolute Gasteiger partial charge is 0.356 e. The fourth-order valence-corrected chi connectivity index (χ4v) is 3.40. The predicted octanol–water partition coefficient (Wildman–Crippen LogP) is 2.99. The summed E-state index contributed by atoms with van der Waals surface area (Å²) in [5.74, 6) is 0. The van der Waals surface area contributed by atoms with Gasteiger partial charge in [-0.25, -0.2) is 9.20 Å². The molecule has 1 aliphatic rings. The van der Waals surface area contributed by atoms with E-state index >= 15 is 0 Å². The number of ether oxygens (including phenoxy) is 1. The molecule has 0 saturated carbocycles. The second-order valence-electron chi connectivity index (χ2n) is 4.79. The number of aromatic nitrogens is 4. The quantitative estimate of drug-likeness (QED) is 0.621. The van der Waals surface area contributed by atoms with Gasteiger partial charge < -0.3 is 4.74 Å². The van der Waals surface area contributed by atoms with Crippen molar-refractivity contribution in [3.05, 3.63) is 28.1 Å². The summed E-state index contributed by atoms with van der Waals surface area (Å²) < 4.78 is 10.7. The fourth-order valence-electron chi connectivity index (χ4n) is 2.65. The fraction of sp³-hybridized carbons (Fsp3) is 0.385. The lowest BCUT2D eigenvalue weighted by molar-refractivity contribution is -0.0372. The van der Waals surface area contributed by atoms with Gasteiger partial charge in [0.1, 0.15) is 3.70 Å². The number of rotatable bonds is 1. The smallest absolute Gasteiger partial charge is 0.184 e. The summed E-state index contributed by atoms with van der Waals surface area (Å²) in [7, 11) is 0. The van der Waals surface area contributed by atoms with Gasteiger partial charge in [-0.1, -0.05) is 6.07 Å². The average molecular weight is 368 g/mol. The molecule has 1 atom stereocenters. The summed E-state index contributed by atoms with van der Waals surface area (Å²) in [5, 5.41) is 10.4. The third kappa shape index (κ3) is 1.77. The van der Waals surface area contributed by atoms with Gasteiger partial charge in [0.15, 0.2) is 11.9 Å². The Hall–Kier alpha value is -1.15. The van der Waals surface area contributed by atoms with Crippen molar-refractivity contribution in [2.75, 3.05) is 6.61 Å². The van der Waals surface area contributed by atoms with Gasteiger partial charge in [0.05, 0.1) is 10.9 Å². The maximum absolute atomic E-state index is 5.83. The number of pyridine rings is 1. The monoisotopic (exact) mass is 368 g/mol. The van der Waals surface area contributed by atoms with Gasteiger partial charge in [0.2, 0.25) is 0 Å². The van der Waals surface area contributed by atoms with Crippen LogP contribution in [0.2, 0.25) is 0 Å². The lowest BCUT2D eigenvalue weighted by Crippen LogP contribution is -2.19. The summed E-state index contributed by atoms with van der Waals surface area (Å²) >= 11 is 2.28. The molecule has 98 valence electrons. The van der Waals surface area contributed by atoms with E-state index in [1.165, 1.54) is 6.42 Å². The van der Waals surface area contributed by atoms with Gasteiger partial charge in [0.25, 0.3) is 0 Å². The molecule has 0 aromatic carbocycles. The summed E-state index contributed by atoms with van der Waals surface area (Å²) in [6.45, 7) is 0.815. The van der Waals surface area contributed by atoms with Crippen molar-refractivity contribution in [1.82, 2.24) is 19.4 Å². The van der Waals surface area contributed by atoms with E-state index in [2.05, 4.69) is 38.9 Å². The van der Waals surface area contributed by atoms with Gasteiger partial charge >= 0.3 is 0 Å². The van der Waals surface area contributed by atoms with Gasteiger partial charge in [-0.15, -0.1) is 5.10 Å². The molecule has 3 aromatic rings. The Morgan fingerprint density at radius 1 is 1.26 bits per heavy atom. The topological polar surface area (TPSA) is 44.3 Å². The molecule has 0 aliphatic carbocycles. The molecule has 6 heteroatoms. The Bertz CT molecular complexity index is 742. The molecule has 0 bridgehead atoms. The van der Waals surface area contributed by atoms with Crippen LogP contribution in [0.1, 0.15) is 25.5 Å². The highest BCUT2D eigenvalue weighted by molar-refractivity contribution is 14.1. The van der Waals surface area contributed by atoms with Crippen LogP contribution in [-0.4, -0.2) is 26.0 Å². The van der Waals surface area contributed by atoms with Crippen molar-refractivity contribution in [2.45, 2.75) is 25.5 Å². The van der Waals surface area contributed by atoms with Crippen LogP contribution in [0.3, 0.4) is 0 Å². The number of halogens is 1. The molecular formula is C13H13IN4O. The second-order valence-corrected chi connectivity index (χ2v) is 5.81. The van der Waals surface area contributed by atoms with E-state index in [1.54, 1.807) is 0 Å². The molecular weight excluding hydrogens is 355 g/mol. The molecule has 1 aliphatic heterocycles. The minimum atomic E-state index is 0.0321. The zero-order chi connectivity index (χ0) is 12.8. The highest BCUT2D eigenvalue weighted by Crippen LogP contribution is 2.30. The number of nitrogens with zero attached hydrogens (tertiary/aromatic N) is 4. The molecule has 3 aromatic heterocycles. The van der Waals surface area contributed by atoms with Crippen molar-refractivity contribution in [1.29, 1.82) is 0 Å². The molecule has 0 N–H and O–H groups in total. The van der Waals surface area contributed by atoms with Gasteiger partial charge in [-0.05, 0) is 54.0 Å². The van der Waals surface area contributed by atoms with Crippen LogP contribution in [0.5, 0.6) is 0 Å². The standard InChI is InChI=1S/C13H13IN4O/c14-12-11-9-5-1-3-7-17(9)16-13(11)18(15-12)10-6-2-4-8-19-10/h1,3,5,7,10H,2,4,6,8H2. The summed E-state index contributed by atoms with van der Waals surface area (Å²) in [6, 6.07) is 6.09. The van der Waals surface area contributed by atoms with Crippen LogP contribution in [0.4, 0.5) is 0 Å². The normalized spacial score (nSPS) is 20.4. The van der Waals surface area contributed by atoms with Crippen LogP contribution < -0.4 is 0 Å². The van der Waals surface area contributed by atoms with Crippen LogP contribution in [0, 0.1) is 3.70 Å². The van der Waals surface area contributed by atoms with Crippen molar-refractivity contribution in [3.63, 3.8) is 0 Å². The van der Waals surface area contributed by atoms with E-state index in [0.717, 1.165) is 39.7 Å². The first-order valence-electron chi connectivity index (χ1n) is 6.47. The van der Waals surface area contributed by atoms with E-state index in [4.69, 9.17) is 4.74 Å². The lowest BCUT2D eigenvalue weighted by Gasteiger charge is -2.22. The molecule has 4 heterocycles. The van der Waals surface area contributed by atoms with Crippen LogP contribution >= 0.6 is 22.6 Å². The van der Waals surface area contributed by atoms with E-state index in [0.29, 0.717) is 0 Å². The van der Waals surface area contributed by atoms with E-state index in [-0.39, 0.29) is 6.23 Å². The molecule has 5 nitrogen and oxygen atoms in total. The highest BCUT2D eigenvalue weighted by atomic mass is 127. The molecule has 19 heavy (non-hydrogen) atoms. The minimum absolute atomic E-state index is 0.0321. The first kappa shape index (κ1) is 11.7. The van der Waals surface area contributed by atoms with Gasteiger partial charge in [-0.3, -0.25) is 0 Å². The molecule has 0 amide bonds. The number of hydrogen-bond donors (Lipinski definition) is 0. The first-order valence-corrected chi connectivity index (χ1v) is 7.55. The Balaban J connectivity index is 1.96. The molecule has 0 spiro atoms. The third-order valence-corrected chi connectivity index (χ3v) is 4.32. The molecule has 4 rings (SSSR count). The van der Waals surface area contributed by atoms with Crippen LogP contribution in [-0.2, 0) is 4.74 Å². The Morgan fingerprint density at radius 2 is 2.21 bits per heavy atom. The molecule has 1 saturated heterocycles. The van der Waals surface area contributed by atoms with Crippen LogP contribution in [0.25, 0.3) is 16.6 Å². The molecule has 0 radical (unpaired) electrons. The molecule has 1 unspecified atom stereocenters. The lowest BCUT2D eigenvalue weighted by atomic mass is 10.2. The number of fused-ring (bicyclic) bond motifs is 3. The Labute approximate surface area is 123 Å². The maximum Gasteiger partial charge on any atom is 0.184 e. The molecule has 1 fully saturated rings. The Kier molecular flexibility index (Phi) is 2.73. The zero-order valence-corrected chi connectivity index (χ0v) is 12.4. The summed E-state index contributed by atoms with van der Waals surface area (Å²) in [6.07, 6.45) is 5.35.